The number of benzene rings is 2. The van der Waals surface area contributed by atoms with Gasteiger partial charge in [-0.2, -0.15) is 0 Å². The monoisotopic (exact) mass is 298 g/mol. The average Bonchev–Trinajstić information content (AvgIpc) is 3.03. The molecule has 1 fully saturated rings. The van der Waals surface area contributed by atoms with Gasteiger partial charge in [-0.3, -0.25) is 0 Å². The van der Waals surface area contributed by atoms with Crippen LogP contribution in [0.2, 0.25) is 0 Å². The topological polar surface area (TPSA) is 15.3 Å². The first-order valence-electron chi connectivity index (χ1n) is 8.10. The Morgan fingerprint density at radius 1 is 1.05 bits per heavy atom. The summed E-state index contributed by atoms with van der Waals surface area (Å²) in [4.78, 5) is 2.43. The first kappa shape index (κ1) is 15.0. The molecule has 1 heterocycles. The molecular weight excluding hydrogens is 275 g/mol. The Bertz CT molecular complexity index is 585. The van der Waals surface area contributed by atoms with Crippen LogP contribution in [-0.4, -0.2) is 25.7 Å². The van der Waals surface area contributed by atoms with E-state index in [0.29, 0.717) is 6.04 Å². The van der Waals surface area contributed by atoms with Gasteiger partial charge >= 0.3 is 0 Å². The Balaban J connectivity index is 1.39. The molecule has 1 unspecified atom stereocenters. The molecule has 1 aliphatic heterocycles. The third kappa shape index (κ3) is 3.86. The molecule has 3 heteroatoms. The Labute approximate surface area is 132 Å². The summed E-state index contributed by atoms with van der Waals surface area (Å²) in [5.41, 5.74) is 2.12. The number of aryl methyl sites for hydroxylation is 1. The number of rotatable bonds is 6. The minimum atomic E-state index is -0.0846. The van der Waals surface area contributed by atoms with Crippen molar-refractivity contribution in [3.8, 4) is 0 Å². The van der Waals surface area contributed by atoms with E-state index >= 15 is 0 Å². The van der Waals surface area contributed by atoms with Crippen molar-refractivity contribution in [3.05, 3.63) is 66.0 Å². The maximum absolute atomic E-state index is 13.5. The quantitative estimate of drug-likeness (QED) is 0.819. The molecule has 0 spiro atoms. The van der Waals surface area contributed by atoms with Crippen molar-refractivity contribution in [2.75, 3.05) is 24.5 Å². The first-order chi connectivity index (χ1) is 10.8. The van der Waals surface area contributed by atoms with Crippen molar-refractivity contribution in [3.63, 3.8) is 0 Å². The molecule has 1 N–H and O–H groups in total. The number of nitrogens with one attached hydrogen (secondary N) is 1. The lowest BCUT2D eigenvalue weighted by Crippen LogP contribution is -2.33. The van der Waals surface area contributed by atoms with Gasteiger partial charge in [0, 0.05) is 24.8 Å². The fourth-order valence-electron chi connectivity index (χ4n) is 3.09. The largest absolute Gasteiger partial charge is 0.370 e. The van der Waals surface area contributed by atoms with E-state index in [9.17, 15) is 4.39 Å². The van der Waals surface area contributed by atoms with Crippen LogP contribution in [0, 0.1) is 5.82 Å². The van der Waals surface area contributed by atoms with E-state index in [2.05, 4.69) is 40.5 Å². The van der Waals surface area contributed by atoms with E-state index in [1.54, 1.807) is 6.07 Å². The number of hydrogen-bond acceptors (Lipinski definition) is 2. The number of halogens is 1. The van der Waals surface area contributed by atoms with Crippen LogP contribution in [0.3, 0.4) is 0 Å². The first-order valence-corrected chi connectivity index (χ1v) is 8.10. The standard InChI is InChI=1S/C19H23FN2/c20-19-11-5-4-7-16(19)8-6-13-21-17-12-14-22(15-17)18-9-2-1-3-10-18/h1-5,7,9-11,17,21H,6,8,12-15H2. The Hall–Kier alpha value is -1.87. The van der Waals surface area contributed by atoms with E-state index < -0.39 is 0 Å². The van der Waals surface area contributed by atoms with Gasteiger partial charge in [-0.05, 0) is 49.6 Å². The SMILES string of the molecule is Fc1ccccc1CCCNC1CCN(c2ccccc2)C1. The van der Waals surface area contributed by atoms with Gasteiger partial charge in [-0.25, -0.2) is 4.39 Å². The van der Waals surface area contributed by atoms with Crippen molar-refractivity contribution in [2.24, 2.45) is 0 Å². The summed E-state index contributed by atoms with van der Waals surface area (Å²) in [6.07, 6.45) is 2.95. The minimum Gasteiger partial charge on any atom is -0.370 e. The van der Waals surface area contributed by atoms with Gasteiger partial charge in [0.25, 0.3) is 0 Å². The number of nitrogens with zero attached hydrogens (tertiary/aromatic N) is 1. The maximum atomic E-state index is 13.5. The molecule has 2 aromatic carbocycles. The zero-order chi connectivity index (χ0) is 15.2. The van der Waals surface area contributed by atoms with Crippen LogP contribution in [-0.2, 0) is 6.42 Å². The zero-order valence-corrected chi connectivity index (χ0v) is 12.8. The molecule has 1 atom stereocenters. The van der Waals surface area contributed by atoms with Crippen LogP contribution >= 0.6 is 0 Å². The fraction of sp³-hybridized carbons (Fsp3) is 0.368. The Morgan fingerprint density at radius 3 is 2.64 bits per heavy atom. The second kappa shape index (κ2) is 7.41. The molecule has 3 rings (SSSR count). The third-order valence-electron chi connectivity index (χ3n) is 4.32. The van der Waals surface area contributed by atoms with Crippen molar-refractivity contribution < 1.29 is 4.39 Å². The van der Waals surface area contributed by atoms with Crippen molar-refractivity contribution in [1.82, 2.24) is 5.32 Å². The maximum Gasteiger partial charge on any atom is 0.126 e. The molecule has 0 aromatic heterocycles. The molecular formula is C19H23FN2. The summed E-state index contributed by atoms with van der Waals surface area (Å²) < 4.78 is 13.5. The highest BCUT2D eigenvalue weighted by Crippen LogP contribution is 2.19. The highest BCUT2D eigenvalue weighted by molar-refractivity contribution is 5.47. The molecule has 1 aliphatic rings. The molecule has 1 saturated heterocycles. The zero-order valence-electron chi connectivity index (χ0n) is 12.8. The summed E-state index contributed by atoms with van der Waals surface area (Å²) in [6.45, 7) is 3.11. The number of hydrogen-bond donors (Lipinski definition) is 1. The molecule has 2 nitrogen and oxygen atoms in total. The van der Waals surface area contributed by atoms with Gasteiger partial charge in [-0.1, -0.05) is 36.4 Å². The van der Waals surface area contributed by atoms with Crippen molar-refractivity contribution >= 4 is 5.69 Å². The van der Waals surface area contributed by atoms with Crippen LogP contribution in [0.1, 0.15) is 18.4 Å². The number of anilines is 1. The summed E-state index contributed by atoms with van der Waals surface area (Å²) >= 11 is 0. The molecule has 0 bridgehead atoms. The van der Waals surface area contributed by atoms with Crippen LogP contribution in [0.4, 0.5) is 10.1 Å². The minimum absolute atomic E-state index is 0.0846. The summed E-state index contributed by atoms with van der Waals surface area (Å²) in [5.74, 6) is -0.0846. The number of para-hydroxylation sites is 1. The smallest absolute Gasteiger partial charge is 0.126 e. The highest BCUT2D eigenvalue weighted by atomic mass is 19.1. The predicted molar refractivity (Wildman–Crippen MR) is 89.8 cm³/mol. The molecule has 0 radical (unpaired) electrons. The molecule has 0 aliphatic carbocycles. The van der Waals surface area contributed by atoms with E-state index in [-0.39, 0.29) is 5.82 Å². The lowest BCUT2D eigenvalue weighted by atomic mass is 10.1. The Kier molecular flexibility index (Phi) is 5.07. The summed E-state index contributed by atoms with van der Waals surface area (Å²) in [6, 6.07) is 18.2. The molecule has 116 valence electrons. The normalized spacial score (nSPS) is 17.9. The summed E-state index contributed by atoms with van der Waals surface area (Å²) in [7, 11) is 0. The van der Waals surface area contributed by atoms with Gasteiger partial charge in [0.15, 0.2) is 0 Å². The predicted octanol–water partition coefficient (Wildman–Crippen LogP) is 3.63. The van der Waals surface area contributed by atoms with E-state index in [1.807, 2.05) is 12.1 Å². The van der Waals surface area contributed by atoms with E-state index in [4.69, 9.17) is 0 Å². The molecule has 2 aromatic rings. The summed E-state index contributed by atoms with van der Waals surface area (Å²) in [5, 5.41) is 3.61. The second-order valence-corrected chi connectivity index (χ2v) is 5.92. The van der Waals surface area contributed by atoms with Gasteiger partial charge in [0.1, 0.15) is 5.82 Å². The van der Waals surface area contributed by atoms with Crippen LogP contribution in [0.25, 0.3) is 0 Å². The van der Waals surface area contributed by atoms with Crippen molar-refractivity contribution in [2.45, 2.75) is 25.3 Å². The lowest BCUT2D eigenvalue weighted by Gasteiger charge is -2.19. The fourth-order valence-corrected chi connectivity index (χ4v) is 3.09. The van der Waals surface area contributed by atoms with Crippen LogP contribution in [0.15, 0.2) is 54.6 Å². The Morgan fingerprint density at radius 2 is 1.82 bits per heavy atom. The third-order valence-corrected chi connectivity index (χ3v) is 4.32. The van der Waals surface area contributed by atoms with Gasteiger partial charge in [0.2, 0.25) is 0 Å². The second-order valence-electron chi connectivity index (χ2n) is 5.92. The van der Waals surface area contributed by atoms with Crippen LogP contribution in [0.5, 0.6) is 0 Å². The highest BCUT2D eigenvalue weighted by Gasteiger charge is 2.21. The molecule has 22 heavy (non-hydrogen) atoms. The molecule has 0 amide bonds. The lowest BCUT2D eigenvalue weighted by molar-refractivity contribution is 0.533. The average molecular weight is 298 g/mol. The van der Waals surface area contributed by atoms with E-state index in [1.165, 1.54) is 18.2 Å². The van der Waals surface area contributed by atoms with E-state index in [0.717, 1.165) is 38.0 Å². The van der Waals surface area contributed by atoms with Gasteiger partial charge in [0.05, 0.1) is 0 Å². The van der Waals surface area contributed by atoms with Gasteiger partial charge in [-0.15, -0.1) is 0 Å². The van der Waals surface area contributed by atoms with Crippen LogP contribution < -0.4 is 10.2 Å². The molecule has 0 saturated carbocycles. The van der Waals surface area contributed by atoms with Gasteiger partial charge < -0.3 is 10.2 Å². The van der Waals surface area contributed by atoms with Crippen molar-refractivity contribution in [1.29, 1.82) is 0 Å².